The average Bonchev–Trinajstić information content (AvgIpc) is 2.69. The smallest absolute Gasteiger partial charge is 0.313 e. The number of amides is 2. The van der Waals surface area contributed by atoms with E-state index in [1.165, 1.54) is 17.2 Å². The monoisotopic (exact) mass is 430 g/mol. The molecule has 9 heteroatoms. The fourth-order valence-corrected chi connectivity index (χ4v) is 4.32. The van der Waals surface area contributed by atoms with E-state index >= 15 is 0 Å². The number of pyridine rings is 1. The van der Waals surface area contributed by atoms with E-state index in [1.807, 2.05) is 6.92 Å². The second kappa shape index (κ2) is 8.43. The van der Waals surface area contributed by atoms with Gasteiger partial charge in [-0.2, -0.15) is 0 Å². The van der Waals surface area contributed by atoms with E-state index < -0.39 is 21.7 Å². The van der Waals surface area contributed by atoms with Crippen molar-refractivity contribution in [1.29, 1.82) is 0 Å². The van der Waals surface area contributed by atoms with Crippen molar-refractivity contribution in [3.8, 4) is 0 Å². The first-order valence-electron chi connectivity index (χ1n) is 9.70. The van der Waals surface area contributed by atoms with Gasteiger partial charge < -0.3 is 16.0 Å². The first-order chi connectivity index (χ1) is 14.1. The van der Waals surface area contributed by atoms with Crippen LogP contribution in [0.1, 0.15) is 36.9 Å². The summed E-state index contributed by atoms with van der Waals surface area (Å²) in [6, 6.07) is 7.85. The fourth-order valence-electron chi connectivity index (χ4n) is 3.64. The molecule has 1 aromatic carbocycles. The lowest BCUT2D eigenvalue weighted by Gasteiger charge is -2.38. The second-order valence-corrected chi connectivity index (χ2v) is 9.90. The number of rotatable bonds is 3. The predicted octanol–water partition coefficient (Wildman–Crippen LogP) is 2.31. The Hall–Kier alpha value is -2.94. The van der Waals surface area contributed by atoms with Gasteiger partial charge in [-0.15, -0.1) is 0 Å². The molecule has 0 radical (unpaired) electrons. The average molecular weight is 431 g/mol. The van der Waals surface area contributed by atoms with Crippen LogP contribution in [0.2, 0.25) is 0 Å². The van der Waals surface area contributed by atoms with Crippen LogP contribution in [0.3, 0.4) is 0 Å². The molecule has 3 N–H and O–H groups in total. The highest BCUT2D eigenvalue weighted by Gasteiger charge is 2.34. The number of piperidine rings is 1. The lowest BCUT2D eigenvalue weighted by molar-refractivity contribution is -0.146. The highest BCUT2D eigenvalue weighted by atomic mass is 32.2. The van der Waals surface area contributed by atoms with Crippen molar-refractivity contribution < 1.29 is 18.0 Å². The summed E-state index contributed by atoms with van der Waals surface area (Å²) in [5.74, 6) is -0.836. The summed E-state index contributed by atoms with van der Waals surface area (Å²) >= 11 is 0. The Balaban J connectivity index is 1.86. The summed E-state index contributed by atoms with van der Waals surface area (Å²) in [4.78, 5) is 31.4. The Labute approximate surface area is 176 Å². The number of aromatic nitrogens is 1. The van der Waals surface area contributed by atoms with Crippen molar-refractivity contribution in [2.45, 2.75) is 37.6 Å². The quantitative estimate of drug-likeness (QED) is 0.721. The second-order valence-electron chi connectivity index (χ2n) is 7.88. The fraction of sp³-hybridized carbons (Fsp3) is 0.381. The van der Waals surface area contributed by atoms with Crippen molar-refractivity contribution in [2.24, 2.45) is 5.92 Å². The number of nitrogens with one attached hydrogen (secondary N) is 1. The van der Waals surface area contributed by atoms with E-state index in [0.29, 0.717) is 35.6 Å². The summed E-state index contributed by atoms with van der Waals surface area (Å²) < 4.78 is 23.9. The maximum absolute atomic E-state index is 13.0. The summed E-state index contributed by atoms with van der Waals surface area (Å²) in [5.41, 5.74) is 7.49. The zero-order valence-corrected chi connectivity index (χ0v) is 18.1. The molecule has 1 aliphatic heterocycles. The van der Waals surface area contributed by atoms with Crippen LogP contribution < -0.4 is 11.1 Å². The van der Waals surface area contributed by atoms with Crippen molar-refractivity contribution in [3.63, 3.8) is 0 Å². The molecule has 160 valence electrons. The highest BCUT2D eigenvalue weighted by molar-refractivity contribution is 7.90. The largest absolute Gasteiger partial charge is 0.383 e. The topological polar surface area (TPSA) is 122 Å². The Morgan fingerprint density at radius 2 is 1.97 bits per heavy atom. The lowest BCUT2D eigenvalue weighted by atomic mass is 9.90. The zero-order chi connectivity index (χ0) is 22.1. The normalized spacial score (nSPS) is 19.4. The van der Waals surface area contributed by atoms with Gasteiger partial charge in [0.2, 0.25) is 0 Å². The number of aryl methyl sites for hydroxylation is 1. The van der Waals surface area contributed by atoms with Crippen LogP contribution in [0.15, 0.2) is 41.4 Å². The van der Waals surface area contributed by atoms with Crippen LogP contribution in [0.5, 0.6) is 0 Å². The van der Waals surface area contributed by atoms with E-state index in [-0.39, 0.29) is 16.9 Å². The molecule has 0 saturated carbocycles. The van der Waals surface area contributed by atoms with Crippen molar-refractivity contribution >= 4 is 33.2 Å². The van der Waals surface area contributed by atoms with Crippen molar-refractivity contribution in [3.05, 3.63) is 47.7 Å². The summed E-state index contributed by atoms with van der Waals surface area (Å²) in [7, 11) is -3.38. The molecule has 3 rings (SSSR count). The molecule has 1 saturated heterocycles. The number of nitrogens with zero attached hydrogens (tertiary/aromatic N) is 2. The minimum atomic E-state index is -3.38. The number of likely N-dealkylation sites (tertiary alicyclic amines) is 1. The number of carbonyl (C=O) groups is 2. The third-order valence-corrected chi connectivity index (χ3v) is 6.43. The van der Waals surface area contributed by atoms with Crippen LogP contribution in [0.25, 0.3) is 0 Å². The molecule has 2 amide bonds. The van der Waals surface area contributed by atoms with Crippen LogP contribution in [-0.4, -0.2) is 42.9 Å². The van der Waals surface area contributed by atoms with Crippen molar-refractivity contribution in [2.75, 3.05) is 23.9 Å². The number of carbonyl (C=O) groups excluding carboxylic acids is 2. The molecule has 2 unspecified atom stereocenters. The van der Waals surface area contributed by atoms with Gasteiger partial charge in [0, 0.05) is 12.8 Å². The van der Waals surface area contributed by atoms with E-state index in [1.54, 1.807) is 31.2 Å². The Morgan fingerprint density at radius 1 is 1.23 bits per heavy atom. The van der Waals surface area contributed by atoms with Crippen LogP contribution in [-0.2, 0) is 19.4 Å². The first-order valence-corrected chi connectivity index (χ1v) is 11.6. The molecule has 0 bridgehead atoms. The van der Waals surface area contributed by atoms with Gasteiger partial charge in [0.1, 0.15) is 5.82 Å². The van der Waals surface area contributed by atoms with Gasteiger partial charge in [-0.25, -0.2) is 13.4 Å². The van der Waals surface area contributed by atoms with E-state index in [4.69, 9.17) is 5.73 Å². The highest BCUT2D eigenvalue weighted by Crippen LogP contribution is 2.34. The summed E-state index contributed by atoms with van der Waals surface area (Å²) in [6.45, 7) is 4.20. The lowest BCUT2D eigenvalue weighted by Crippen LogP contribution is -2.46. The molecule has 2 atom stereocenters. The van der Waals surface area contributed by atoms with Gasteiger partial charge in [-0.1, -0.05) is 19.1 Å². The first kappa shape index (κ1) is 21.8. The van der Waals surface area contributed by atoms with Gasteiger partial charge in [-0.05, 0) is 55.0 Å². The summed E-state index contributed by atoms with van der Waals surface area (Å²) in [6.07, 6.45) is 4.07. The molecular weight excluding hydrogens is 404 g/mol. The number of nitrogens with two attached hydrogens (primary N) is 1. The molecular formula is C21H26N4O4S. The summed E-state index contributed by atoms with van der Waals surface area (Å²) in [5, 5.41) is 2.59. The van der Waals surface area contributed by atoms with Gasteiger partial charge in [-0.3, -0.25) is 9.59 Å². The molecule has 2 heterocycles. The number of hydrogen-bond acceptors (Lipinski definition) is 6. The van der Waals surface area contributed by atoms with Gasteiger partial charge in [0.15, 0.2) is 9.84 Å². The molecule has 1 fully saturated rings. The van der Waals surface area contributed by atoms with Gasteiger partial charge in [0.25, 0.3) is 0 Å². The number of hydrogen-bond donors (Lipinski definition) is 2. The van der Waals surface area contributed by atoms with Crippen LogP contribution in [0, 0.1) is 12.8 Å². The third kappa shape index (κ3) is 4.79. The molecule has 1 aromatic heterocycles. The van der Waals surface area contributed by atoms with E-state index in [9.17, 15) is 18.0 Å². The number of anilines is 2. The zero-order valence-electron chi connectivity index (χ0n) is 17.3. The Morgan fingerprint density at radius 3 is 2.63 bits per heavy atom. The van der Waals surface area contributed by atoms with Crippen molar-refractivity contribution in [1.82, 2.24) is 9.88 Å². The molecule has 0 spiro atoms. The Kier molecular flexibility index (Phi) is 6.12. The van der Waals surface area contributed by atoms with Crippen LogP contribution in [0.4, 0.5) is 11.5 Å². The SMILES string of the molecule is Cc1cc(NC(=O)C(=O)N2CC(C)CCC2c2cccc(S(C)(=O)=O)c2)cnc1N. The molecule has 8 nitrogen and oxygen atoms in total. The minimum absolute atomic E-state index is 0.193. The molecule has 0 aliphatic carbocycles. The van der Waals surface area contributed by atoms with E-state index in [2.05, 4.69) is 10.3 Å². The third-order valence-electron chi connectivity index (χ3n) is 5.32. The standard InChI is InChI=1S/C21H26N4O4S/c1-13-7-8-18(15-5-4-6-17(10-15)30(3,28)29)25(12-13)21(27)20(26)24-16-9-14(2)19(22)23-11-16/h4-6,9-11,13,18H,7-8,12H2,1-3H3,(H2,22,23)(H,24,26). The minimum Gasteiger partial charge on any atom is -0.383 e. The Bertz CT molecular complexity index is 1080. The molecule has 2 aromatic rings. The number of nitrogen functional groups attached to an aromatic ring is 1. The molecule has 1 aliphatic rings. The van der Waals surface area contributed by atoms with Crippen LogP contribution >= 0.6 is 0 Å². The van der Waals surface area contributed by atoms with E-state index in [0.717, 1.165) is 12.7 Å². The van der Waals surface area contributed by atoms with Gasteiger partial charge in [0.05, 0.1) is 22.8 Å². The maximum atomic E-state index is 13.0. The predicted molar refractivity (Wildman–Crippen MR) is 114 cm³/mol. The number of sulfone groups is 1. The molecule has 30 heavy (non-hydrogen) atoms. The number of benzene rings is 1. The maximum Gasteiger partial charge on any atom is 0.313 e. The van der Waals surface area contributed by atoms with Gasteiger partial charge >= 0.3 is 11.8 Å².